The molecular formula is C27H40N2O2. The predicted molar refractivity (Wildman–Crippen MR) is 130 cm³/mol. The minimum atomic E-state index is -0.107. The second-order valence-corrected chi connectivity index (χ2v) is 8.83. The zero-order valence-electron chi connectivity index (χ0n) is 20.2. The molecule has 1 aliphatic carbocycles. The standard InChI is InChI=1S/C23H32N2O2.C4H8/c1-5-8-20-9-10-23(19(20)4)11-15-24(16-12-23)13-6-7-14-25-21(26)17(2)18(3)22(25)27;1-3-4-2/h5,8-10H,6-7,11-16H2,1-4H3;3H,1,4H2,2H3/b8-5-;. The van der Waals surface area contributed by atoms with Gasteiger partial charge in [0.1, 0.15) is 0 Å². The maximum absolute atomic E-state index is 12.1. The number of imide groups is 1. The van der Waals surface area contributed by atoms with Gasteiger partial charge in [-0.3, -0.25) is 14.5 Å². The van der Waals surface area contributed by atoms with E-state index < -0.39 is 0 Å². The molecule has 2 aliphatic heterocycles. The molecule has 0 atom stereocenters. The first-order chi connectivity index (χ1) is 14.8. The van der Waals surface area contributed by atoms with Gasteiger partial charge in [0.15, 0.2) is 0 Å². The van der Waals surface area contributed by atoms with Gasteiger partial charge in [0.25, 0.3) is 11.8 Å². The molecule has 0 bridgehead atoms. The predicted octanol–water partition coefficient (Wildman–Crippen LogP) is 5.60. The van der Waals surface area contributed by atoms with Crippen molar-refractivity contribution in [2.45, 2.75) is 66.7 Å². The molecule has 1 saturated heterocycles. The fourth-order valence-electron chi connectivity index (χ4n) is 4.49. The molecular weight excluding hydrogens is 384 g/mol. The third-order valence-electron chi connectivity index (χ3n) is 6.95. The van der Waals surface area contributed by atoms with Crippen LogP contribution in [0.1, 0.15) is 66.7 Å². The van der Waals surface area contributed by atoms with Gasteiger partial charge in [0.05, 0.1) is 0 Å². The minimum Gasteiger partial charge on any atom is -0.303 e. The largest absolute Gasteiger partial charge is 0.303 e. The summed E-state index contributed by atoms with van der Waals surface area (Å²) in [5.41, 5.74) is 4.37. The molecule has 0 N–H and O–H groups in total. The van der Waals surface area contributed by atoms with Crippen LogP contribution in [0, 0.1) is 5.41 Å². The third kappa shape index (κ3) is 5.74. The lowest BCUT2D eigenvalue weighted by atomic mass is 9.74. The van der Waals surface area contributed by atoms with Gasteiger partial charge >= 0.3 is 0 Å². The molecule has 4 nitrogen and oxygen atoms in total. The first kappa shape index (κ1) is 25.1. The lowest BCUT2D eigenvalue weighted by molar-refractivity contribution is -0.137. The molecule has 3 rings (SSSR count). The van der Waals surface area contributed by atoms with E-state index in [1.807, 2.05) is 6.08 Å². The molecule has 4 heteroatoms. The Hall–Kier alpha value is -2.20. The van der Waals surface area contributed by atoms with Gasteiger partial charge in [-0.2, -0.15) is 0 Å². The second-order valence-electron chi connectivity index (χ2n) is 8.83. The van der Waals surface area contributed by atoms with Gasteiger partial charge in [-0.05, 0) is 85.0 Å². The van der Waals surface area contributed by atoms with Crippen LogP contribution < -0.4 is 0 Å². The normalized spacial score (nSPS) is 21.0. The number of unbranched alkanes of at least 4 members (excludes halogenated alkanes) is 1. The fourth-order valence-corrected chi connectivity index (χ4v) is 4.49. The number of carbonyl (C=O) groups excluding carboxylic acids is 2. The Morgan fingerprint density at radius 1 is 1.03 bits per heavy atom. The van der Waals surface area contributed by atoms with Crippen LogP contribution in [0.3, 0.4) is 0 Å². The Kier molecular flexibility index (Phi) is 9.24. The van der Waals surface area contributed by atoms with E-state index >= 15 is 0 Å². The summed E-state index contributed by atoms with van der Waals surface area (Å²) in [6.07, 6.45) is 16.3. The number of hydrogen-bond acceptors (Lipinski definition) is 3. The van der Waals surface area contributed by atoms with E-state index in [0.29, 0.717) is 17.7 Å². The minimum absolute atomic E-state index is 0.107. The zero-order chi connectivity index (χ0) is 23.0. The van der Waals surface area contributed by atoms with Crippen molar-refractivity contribution in [2.24, 2.45) is 5.41 Å². The van der Waals surface area contributed by atoms with Crippen molar-refractivity contribution >= 4 is 11.8 Å². The van der Waals surface area contributed by atoms with Crippen LogP contribution in [0.2, 0.25) is 0 Å². The molecule has 1 spiro atoms. The maximum Gasteiger partial charge on any atom is 0.256 e. The Morgan fingerprint density at radius 2 is 1.58 bits per heavy atom. The van der Waals surface area contributed by atoms with Crippen molar-refractivity contribution in [2.75, 3.05) is 26.2 Å². The van der Waals surface area contributed by atoms with E-state index in [1.165, 1.54) is 28.9 Å². The van der Waals surface area contributed by atoms with Crippen LogP contribution in [0.15, 0.2) is 59.3 Å². The average molecular weight is 425 g/mol. The van der Waals surface area contributed by atoms with E-state index in [4.69, 9.17) is 0 Å². The molecule has 0 unspecified atom stereocenters. The quantitative estimate of drug-likeness (QED) is 0.303. The molecule has 2 amide bonds. The molecule has 1 fully saturated rings. The first-order valence-electron chi connectivity index (χ1n) is 11.7. The van der Waals surface area contributed by atoms with Crippen molar-refractivity contribution in [1.82, 2.24) is 9.80 Å². The van der Waals surface area contributed by atoms with Crippen molar-refractivity contribution in [1.29, 1.82) is 0 Å². The second kappa shape index (κ2) is 11.4. The smallest absolute Gasteiger partial charge is 0.256 e. The van der Waals surface area contributed by atoms with Crippen LogP contribution in [0.5, 0.6) is 0 Å². The SMILES string of the molecule is C/C=C\C1=C(C)C2(C=C1)CCN(CCCCN1C(=O)C(C)=C(C)C1=O)CC2.C=CCC. The van der Waals surface area contributed by atoms with Crippen molar-refractivity contribution < 1.29 is 9.59 Å². The summed E-state index contributed by atoms with van der Waals surface area (Å²) in [4.78, 5) is 28.1. The maximum atomic E-state index is 12.1. The highest BCUT2D eigenvalue weighted by molar-refractivity contribution is 6.18. The van der Waals surface area contributed by atoms with Crippen LogP contribution >= 0.6 is 0 Å². The molecule has 3 aliphatic rings. The highest BCUT2D eigenvalue weighted by atomic mass is 16.2. The lowest BCUT2D eigenvalue weighted by Gasteiger charge is -2.39. The number of allylic oxidation sites excluding steroid dienone is 7. The van der Waals surface area contributed by atoms with Crippen LogP contribution in [-0.2, 0) is 9.59 Å². The zero-order valence-corrected chi connectivity index (χ0v) is 20.2. The average Bonchev–Trinajstić information content (AvgIpc) is 3.17. The van der Waals surface area contributed by atoms with Crippen molar-refractivity contribution in [3.63, 3.8) is 0 Å². The molecule has 31 heavy (non-hydrogen) atoms. The molecule has 170 valence electrons. The number of piperidine rings is 1. The van der Waals surface area contributed by atoms with Crippen molar-refractivity contribution in [3.05, 3.63) is 59.3 Å². The summed E-state index contributed by atoms with van der Waals surface area (Å²) in [5, 5.41) is 0. The van der Waals surface area contributed by atoms with E-state index in [1.54, 1.807) is 13.8 Å². The number of nitrogens with zero attached hydrogens (tertiary/aromatic N) is 2. The number of likely N-dealkylation sites (tertiary alicyclic amines) is 1. The number of rotatable bonds is 7. The van der Waals surface area contributed by atoms with Gasteiger partial charge in [-0.1, -0.05) is 42.9 Å². The molecule has 0 aromatic carbocycles. The summed E-state index contributed by atoms with van der Waals surface area (Å²) in [6, 6.07) is 0. The Balaban J connectivity index is 0.000000785. The van der Waals surface area contributed by atoms with Gasteiger partial charge in [0.2, 0.25) is 0 Å². The third-order valence-corrected chi connectivity index (χ3v) is 6.95. The van der Waals surface area contributed by atoms with Crippen LogP contribution in [0.25, 0.3) is 0 Å². The summed E-state index contributed by atoms with van der Waals surface area (Å²) in [7, 11) is 0. The molecule has 0 saturated carbocycles. The topological polar surface area (TPSA) is 40.6 Å². The summed E-state index contributed by atoms with van der Waals surface area (Å²) in [5.74, 6) is -0.214. The Labute approximate surface area is 189 Å². The Morgan fingerprint density at radius 3 is 2.10 bits per heavy atom. The summed E-state index contributed by atoms with van der Waals surface area (Å²) >= 11 is 0. The monoisotopic (exact) mass is 424 g/mol. The van der Waals surface area contributed by atoms with E-state index in [-0.39, 0.29) is 17.2 Å². The number of hydrogen-bond donors (Lipinski definition) is 0. The van der Waals surface area contributed by atoms with E-state index in [0.717, 1.165) is 38.9 Å². The fraction of sp³-hybridized carbons (Fsp3) is 0.556. The molecule has 0 aromatic rings. The van der Waals surface area contributed by atoms with Crippen LogP contribution in [-0.4, -0.2) is 47.8 Å². The van der Waals surface area contributed by atoms with Gasteiger partial charge in [-0.15, -0.1) is 6.58 Å². The van der Waals surface area contributed by atoms with Crippen molar-refractivity contribution in [3.8, 4) is 0 Å². The first-order valence-corrected chi connectivity index (χ1v) is 11.7. The number of carbonyl (C=O) groups is 2. The van der Waals surface area contributed by atoms with E-state index in [9.17, 15) is 9.59 Å². The Bertz CT molecular complexity index is 781. The van der Waals surface area contributed by atoms with Gasteiger partial charge < -0.3 is 4.90 Å². The highest BCUT2D eigenvalue weighted by Gasteiger charge is 2.37. The number of amides is 2. The highest BCUT2D eigenvalue weighted by Crippen LogP contribution is 2.45. The summed E-state index contributed by atoms with van der Waals surface area (Å²) < 4.78 is 0. The van der Waals surface area contributed by atoms with Gasteiger partial charge in [0, 0.05) is 23.1 Å². The molecule has 0 radical (unpaired) electrons. The van der Waals surface area contributed by atoms with E-state index in [2.05, 4.69) is 56.6 Å². The van der Waals surface area contributed by atoms with Gasteiger partial charge in [-0.25, -0.2) is 0 Å². The molecule has 0 aromatic heterocycles. The van der Waals surface area contributed by atoms with Crippen LogP contribution in [0.4, 0.5) is 0 Å². The summed E-state index contributed by atoms with van der Waals surface area (Å²) in [6.45, 7) is 17.2. The molecule has 2 heterocycles. The lowest BCUT2D eigenvalue weighted by Crippen LogP contribution is -2.40.